The van der Waals surface area contributed by atoms with Crippen molar-refractivity contribution < 1.29 is 13.2 Å². The molecule has 1 fully saturated rings. The maximum Gasteiger partial charge on any atom is 0.270 e. The van der Waals surface area contributed by atoms with E-state index in [0.29, 0.717) is 34.6 Å². The summed E-state index contributed by atoms with van der Waals surface area (Å²) in [5, 5.41) is 16.3. The summed E-state index contributed by atoms with van der Waals surface area (Å²) in [7, 11) is -3.47. The second-order valence-corrected chi connectivity index (χ2v) is 13.0. The quantitative estimate of drug-likeness (QED) is 0.390. The van der Waals surface area contributed by atoms with Gasteiger partial charge in [0.1, 0.15) is 11.5 Å². The van der Waals surface area contributed by atoms with Gasteiger partial charge in [0.2, 0.25) is 10.0 Å². The summed E-state index contributed by atoms with van der Waals surface area (Å²) in [6.07, 6.45) is 0. The van der Waals surface area contributed by atoms with Crippen molar-refractivity contribution in [3.8, 4) is 0 Å². The number of rotatable bonds is 8. The normalized spacial score (nSPS) is 15.2. The fourth-order valence-corrected chi connectivity index (χ4v) is 6.00. The Kier molecular flexibility index (Phi) is 7.17. The van der Waals surface area contributed by atoms with Gasteiger partial charge in [-0.25, -0.2) is 13.4 Å². The number of imidazole rings is 1. The van der Waals surface area contributed by atoms with Crippen molar-refractivity contribution >= 4 is 44.3 Å². The van der Waals surface area contributed by atoms with Gasteiger partial charge in [-0.3, -0.25) is 9.89 Å². The summed E-state index contributed by atoms with van der Waals surface area (Å²) in [5.74, 6) is 1.10. The first-order valence-corrected chi connectivity index (χ1v) is 14.0. The number of amides is 1. The van der Waals surface area contributed by atoms with Gasteiger partial charge in [-0.05, 0) is 43.9 Å². The molecule has 0 bridgehead atoms. The number of aryl methyl sites for hydroxylation is 1. The molecule has 1 aromatic carbocycles. The predicted molar refractivity (Wildman–Crippen MR) is 146 cm³/mol. The first-order valence-electron chi connectivity index (χ1n) is 12.2. The van der Waals surface area contributed by atoms with Crippen molar-refractivity contribution in [2.45, 2.75) is 65.6 Å². The van der Waals surface area contributed by atoms with E-state index < -0.39 is 10.0 Å². The highest BCUT2D eigenvalue weighted by molar-refractivity contribution is 7.92. The van der Waals surface area contributed by atoms with Gasteiger partial charge in [0.15, 0.2) is 5.82 Å². The number of halogens is 1. The number of aromatic amines is 1. The number of carbonyl (C=O) groups is 1. The average Bonchev–Trinajstić information content (AvgIpc) is 3.32. The lowest BCUT2D eigenvalue weighted by Crippen LogP contribution is -2.60. The summed E-state index contributed by atoms with van der Waals surface area (Å²) in [6, 6.07) is 3.65. The van der Waals surface area contributed by atoms with Gasteiger partial charge in [0.25, 0.3) is 5.91 Å². The molecule has 200 valence electrons. The van der Waals surface area contributed by atoms with E-state index in [1.54, 1.807) is 6.92 Å². The van der Waals surface area contributed by atoms with Crippen LogP contribution < -0.4 is 10.6 Å². The molecule has 1 saturated heterocycles. The molecule has 0 radical (unpaired) electrons. The lowest BCUT2D eigenvalue weighted by molar-refractivity contribution is 0.0884. The van der Waals surface area contributed by atoms with Crippen LogP contribution in [0.4, 0.5) is 5.82 Å². The molecular formula is C25H34ClN7O3S. The van der Waals surface area contributed by atoms with Crippen LogP contribution in [-0.4, -0.2) is 57.5 Å². The third kappa shape index (κ3) is 5.25. The summed E-state index contributed by atoms with van der Waals surface area (Å²) >= 11 is 6.51. The second kappa shape index (κ2) is 9.77. The van der Waals surface area contributed by atoms with E-state index in [4.69, 9.17) is 11.6 Å². The highest BCUT2D eigenvalue weighted by Crippen LogP contribution is 2.35. The lowest BCUT2D eigenvalue weighted by Gasteiger charge is -2.37. The van der Waals surface area contributed by atoms with E-state index in [1.165, 1.54) is 4.31 Å². The van der Waals surface area contributed by atoms with Gasteiger partial charge in [-0.2, -0.15) is 9.40 Å². The van der Waals surface area contributed by atoms with E-state index in [2.05, 4.69) is 59.2 Å². The third-order valence-corrected chi connectivity index (χ3v) is 8.27. The molecule has 0 aliphatic carbocycles. The number of hydrogen-bond donors (Lipinski definition) is 3. The third-order valence-electron chi connectivity index (χ3n) is 6.52. The minimum Gasteiger partial charge on any atom is -0.361 e. The Morgan fingerprint density at radius 2 is 2.00 bits per heavy atom. The van der Waals surface area contributed by atoms with E-state index in [9.17, 15) is 13.2 Å². The van der Waals surface area contributed by atoms with Crippen molar-refractivity contribution in [1.29, 1.82) is 0 Å². The van der Waals surface area contributed by atoms with Crippen molar-refractivity contribution in [2.24, 2.45) is 0 Å². The van der Waals surface area contributed by atoms with Gasteiger partial charge in [0.05, 0.1) is 23.8 Å². The number of H-pyrrole nitrogens is 1. The second-order valence-electron chi connectivity index (χ2n) is 10.7. The largest absolute Gasteiger partial charge is 0.361 e. The van der Waals surface area contributed by atoms with E-state index in [1.807, 2.05) is 24.5 Å². The number of nitrogens with zero attached hydrogens (tertiary/aromatic N) is 4. The summed E-state index contributed by atoms with van der Waals surface area (Å²) in [4.78, 5) is 17.9. The molecule has 37 heavy (non-hydrogen) atoms. The molecule has 0 spiro atoms. The zero-order valence-electron chi connectivity index (χ0n) is 22.0. The first kappa shape index (κ1) is 27.2. The van der Waals surface area contributed by atoms with Crippen LogP contribution in [0.5, 0.6) is 0 Å². The Bertz CT molecular complexity index is 1460. The number of anilines is 1. The van der Waals surface area contributed by atoms with Gasteiger partial charge in [0, 0.05) is 34.9 Å². The number of nitrogens with one attached hydrogen (secondary N) is 3. The van der Waals surface area contributed by atoms with E-state index in [-0.39, 0.29) is 36.5 Å². The minimum absolute atomic E-state index is 0.0278. The molecule has 4 rings (SSSR count). The van der Waals surface area contributed by atoms with Crippen LogP contribution in [0.1, 0.15) is 68.2 Å². The number of benzene rings is 1. The van der Waals surface area contributed by atoms with Gasteiger partial charge in [-0.1, -0.05) is 39.0 Å². The Balaban J connectivity index is 1.54. The fourth-order valence-electron chi connectivity index (χ4n) is 4.57. The SMILES string of the molecule is C=CS(=O)(=O)N1CC(NC(=O)c2c(C)nc(CNc3n[nH]c4cc(Cl)c(C(C)(C)C)cc34)n2C(C)C)C1. The lowest BCUT2D eigenvalue weighted by atomic mass is 9.86. The molecule has 3 aromatic rings. The fraction of sp³-hybridized carbons (Fsp3) is 0.480. The van der Waals surface area contributed by atoms with Crippen LogP contribution in [0.2, 0.25) is 5.02 Å². The minimum atomic E-state index is -3.47. The van der Waals surface area contributed by atoms with Crippen LogP contribution in [0.15, 0.2) is 24.1 Å². The molecule has 1 aliphatic heterocycles. The van der Waals surface area contributed by atoms with E-state index >= 15 is 0 Å². The standard InChI is InChI=1S/C25H34ClN7O3S/c1-8-37(35,36)32-12-16(13-32)29-24(34)22-15(4)28-21(33(22)14(2)3)11-27-23-17-9-18(25(5,6)7)19(26)10-20(17)30-31-23/h8-10,14,16H,1,11-13H2,2-7H3,(H,29,34)(H2,27,30,31). The summed E-state index contributed by atoms with van der Waals surface area (Å²) < 4.78 is 26.9. The average molecular weight is 548 g/mol. The molecule has 1 amide bonds. The number of hydrogen-bond acceptors (Lipinski definition) is 6. The van der Waals surface area contributed by atoms with Gasteiger partial charge in [-0.15, -0.1) is 0 Å². The Hall–Kier alpha value is -2.89. The number of fused-ring (bicyclic) bond motifs is 1. The maximum atomic E-state index is 13.2. The number of carbonyl (C=O) groups excluding carboxylic acids is 1. The van der Waals surface area contributed by atoms with Crippen LogP contribution in [0, 0.1) is 6.92 Å². The molecule has 12 heteroatoms. The van der Waals surface area contributed by atoms with Crippen LogP contribution in [0.25, 0.3) is 10.9 Å². The predicted octanol–water partition coefficient (Wildman–Crippen LogP) is 4.10. The zero-order valence-corrected chi connectivity index (χ0v) is 23.6. The summed E-state index contributed by atoms with van der Waals surface area (Å²) in [6.45, 7) is 16.3. The Morgan fingerprint density at radius 3 is 2.59 bits per heavy atom. The van der Waals surface area contributed by atoms with Crippen molar-refractivity contribution in [1.82, 2.24) is 29.4 Å². The molecule has 10 nitrogen and oxygen atoms in total. The van der Waals surface area contributed by atoms with Gasteiger partial charge < -0.3 is 15.2 Å². The highest BCUT2D eigenvalue weighted by atomic mass is 35.5. The number of aromatic nitrogens is 4. The number of sulfonamides is 1. The molecule has 0 saturated carbocycles. The monoisotopic (exact) mass is 547 g/mol. The van der Waals surface area contributed by atoms with Crippen LogP contribution >= 0.6 is 11.6 Å². The van der Waals surface area contributed by atoms with Crippen molar-refractivity contribution in [3.05, 3.63) is 51.9 Å². The van der Waals surface area contributed by atoms with Crippen LogP contribution in [0.3, 0.4) is 0 Å². The molecule has 0 unspecified atom stereocenters. The molecule has 1 aliphatic rings. The smallest absolute Gasteiger partial charge is 0.270 e. The molecule has 3 N–H and O–H groups in total. The van der Waals surface area contributed by atoms with Crippen LogP contribution in [-0.2, 0) is 22.0 Å². The topological polar surface area (TPSA) is 125 Å². The highest BCUT2D eigenvalue weighted by Gasteiger charge is 2.36. The molecule has 2 aromatic heterocycles. The Labute approximate surface area is 222 Å². The van der Waals surface area contributed by atoms with Gasteiger partial charge >= 0.3 is 0 Å². The summed E-state index contributed by atoms with van der Waals surface area (Å²) in [5.41, 5.74) is 2.80. The van der Waals surface area contributed by atoms with Crippen molar-refractivity contribution in [2.75, 3.05) is 18.4 Å². The van der Waals surface area contributed by atoms with Crippen molar-refractivity contribution in [3.63, 3.8) is 0 Å². The Morgan fingerprint density at radius 1 is 1.32 bits per heavy atom. The molecule has 0 atom stereocenters. The molecular weight excluding hydrogens is 514 g/mol. The maximum absolute atomic E-state index is 13.2. The first-order chi connectivity index (χ1) is 17.2. The van der Waals surface area contributed by atoms with E-state index in [0.717, 1.165) is 21.9 Å². The zero-order chi connectivity index (χ0) is 27.3. The molecule has 3 heterocycles.